The number of hydrogen-bond acceptors (Lipinski definition) is 6. The van der Waals surface area contributed by atoms with E-state index in [4.69, 9.17) is 9.84 Å². The van der Waals surface area contributed by atoms with Crippen LogP contribution < -0.4 is 4.74 Å². The van der Waals surface area contributed by atoms with E-state index in [2.05, 4.69) is 0 Å². The number of rotatable bonds is 4. The average Bonchev–Trinajstić information content (AvgIpc) is 2.92. The molecule has 3 rings (SSSR count). The third kappa shape index (κ3) is 2.61. The molecule has 0 fully saturated rings. The number of phenols is 4. The molecule has 0 radical (unpaired) electrons. The molecule has 5 N–H and O–H groups in total. The van der Waals surface area contributed by atoms with E-state index in [1.807, 2.05) is 0 Å². The number of benzene rings is 2. The Hall–Kier alpha value is -2.60. The van der Waals surface area contributed by atoms with Crippen LogP contribution in [-0.2, 0) is 6.42 Å². The number of hydrogen-bond donors (Lipinski definition) is 5. The van der Waals surface area contributed by atoms with Gasteiger partial charge in [-0.2, -0.15) is 0 Å². The van der Waals surface area contributed by atoms with Crippen LogP contribution in [0.2, 0.25) is 0 Å². The molecule has 1 unspecified atom stereocenters. The topological polar surface area (TPSA) is 110 Å². The molecule has 0 spiro atoms. The van der Waals surface area contributed by atoms with E-state index in [9.17, 15) is 20.4 Å². The standard InChI is InChI=1S/C17H18O6/c18-5-6-23-17-11(3-4-13(19)16(17)22)10-2-1-9-7-14(20)15(21)8-12(9)10/h3-4,7-8,10,18-22H,1-2,5-6H2. The van der Waals surface area contributed by atoms with E-state index in [0.717, 1.165) is 24.0 Å². The maximum Gasteiger partial charge on any atom is 0.200 e. The Kier molecular flexibility index (Phi) is 3.92. The van der Waals surface area contributed by atoms with Gasteiger partial charge < -0.3 is 30.3 Å². The molecule has 0 saturated carbocycles. The van der Waals surface area contributed by atoms with Gasteiger partial charge in [-0.1, -0.05) is 6.07 Å². The molecule has 0 heterocycles. The molecule has 0 aromatic heterocycles. The average molecular weight is 318 g/mol. The largest absolute Gasteiger partial charge is 0.504 e. The highest BCUT2D eigenvalue weighted by atomic mass is 16.5. The van der Waals surface area contributed by atoms with Gasteiger partial charge in [0, 0.05) is 11.5 Å². The molecule has 6 nitrogen and oxygen atoms in total. The highest BCUT2D eigenvalue weighted by molar-refractivity contribution is 5.59. The van der Waals surface area contributed by atoms with Gasteiger partial charge in [0.2, 0.25) is 5.75 Å². The normalized spacial score (nSPS) is 16.3. The molecule has 0 aliphatic heterocycles. The zero-order valence-electron chi connectivity index (χ0n) is 12.4. The van der Waals surface area contributed by atoms with Gasteiger partial charge in [-0.3, -0.25) is 0 Å². The number of aryl methyl sites for hydroxylation is 1. The smallest absolute Gasteiger partial charge is 0.200 e. The van der Waals surface area contributed by atoms with Crippen LogP contribution in [-0.4, -0.2) is 38.7 Å². The molecule has 0 saturated heterocycles. The number of phenolic OH excluding ortho intramolecular Hbond substituents is 4. The fraction of sp³-hybridized carbons (Fsp3) is 0.294. The van der Waals surface area contributed by atoms with Gasteiger partial charge in [-0.25, -0.2) is 0 Å². The van der Waals surface area contributed by atoms with E-state index in [1.165, 1.54) is 12.1 Å². The highest BCUT2D eigenvalue weighted by Crippen LogP contribution is 2.49. The van der Waals surface area contributed by atoms with Crippen molar-refractivity contribution >= 4 is 0 Å². The maximum atomic E-state index is 10.1. The zero-order chi connectivity index (χ0) is 16.6. The minimum absolute atomic E-state index is 0.00951. The van der Waals surface area contributed by atoms with Crippen molar-refractivity contribution in [1.29, 1.82) is 0 Å². The summed E-state index contributed by atoms with van der Waals surface area (Å²) in [5.41, 5.74) is 2.43. The van der Waals surface area contributed by atoms with E-state index in [1.54, 1.807) is 12.1 Å². The minimum Gasteiger partial charge on any atom is -0.504 e. The van der Waals surface area contributed by atoms with Crippen LogP contribution >= 0.6 is 0 Å². The van der Waals surface area contributed by atoms with Crippen LogP contribution in [0, 0.1) is 0 Å². The first-order valence-corrected chi connectivity index (χ1v) is 7.36. The Bertz CT molecular complexity index is 740. The van der Waals surface area contributed by atoms with Gasteiger partial charge in [0.1, 0.15) is 6.61 Å². The predicted octanol–water partition coefficient (Wildman–Crippen LogP) is 1.96. The van der Waals surface area contributed by atoms with Gasteiger partial charge in [-0.15, -0.1) is 0 Å². The molecule has 0 bridgehead atoms. The van der Waals surface area contributed by atoms with Crippen molar-refractivity contribution in [3.05, 3.63) is 41.0 Å². The summed E-state index contributed by atoms with van der Waals surface area (Å²) in [6, 6.07) is 6.10. The maximum absolute atomic E-state index is 10.1. The molecule has 1 atom stereocenters. The first-order valence-electron chi connectivity index (χ1n) is 7.36. The molecular formula is C17H18O6. The summed E-state index contributed by atoms with van der Waals surface area (Å²) in [7, 11) is 0. The number of aromatic hydroxyl groups is 4. The first-order chi connectivity index (χ1) is 11.0. The van der Waals surface area contributed by atoms with E-state index >= 15 is 0 Å². The Balaban J connectivity index is 2.08. The SMILES string of the molecule is OCCOc1c(C2CCc3cc(O)c(O)cc32)ccc(O)c1O. The molecule has 0 amide bonds. The fourth-order valence-corrected chi connectivity index (χ4v) is 3.11. The molecule has 1 aliphatic carbocycles. The second-order valence-corrected chi connectivity index (χ2v) is 5.55. The predicted molar refractivity (Wildman–Crippen MR) is 82.3 cm³/mol. The van der Waals surface area contributed by atoms with Crippen LogP contribution in [0.4, 0.5) is 0 Å². The van der Waals surface area contributed by atoms with Gasteiger partial charge in [0.05, 0.1) is 6.61 Å². The lowest BCUT2D eigenvalue weighted by atomic mass is 9.91. The van der Waals surface area contributed by atoms with Gasteiger partial charge in [-0.05, 0) is 42.2 Å². The highest BCUT2D eigenvalue weighted by Gasteiger charge is 2.29. The summed E-state index contributed by atoms with van der Waals surface area (Å²) in [6.45, 7) is -0.227. The Morgan fingerprint density at radius 2 is 1.70 bits per heavy atom. The Morgan fingerprint density at radius 1 is 0.957 bits per heavy atom. The molecule has 23 heavy (non-hydrogen) atoms. The number of fused-ring (bicyclic) bond motifs is 1. The van der Waals surface area contributed by atoms with Crippen molar-refractivity contribution in [2.45, 2.75) is 18.8 Å². The molecular weight excluding hydrogens is 300 g/mol. The third-order valence-electron chi connectivity index (χ3n) is 4.17. The summed E-state index contributed by atoms with van der Waals surface area (Å²) < 4.78 is 5.41. The number of aliphatic hydroxyl groups is 1. The van der Waals surface area contributed by atoms with Crippen LogP contribution in [0.3, 0.4) is 0 Å². The third-order valence-corrected chi connectivity index (χ3v) is 4.17. The molecule has 1 aliphatic rings. The summed E-state index contributed by atoms with van der Waals surface area (Å²) in [6.07, 6.45) is 1.44. The van der Waals surface area contributed by atoms with Crippen LogP contribution in [0.25, 0.3) is 0 Å². The van der Waals surface area contributed by atoms with E-state index < -0.39 is 0 Å². The van der Waals surface area contributed by atoms with E-state index in [0.29, 0.717) is 5.56 Å². The van der Waals surface area contributed by atoms with Gasteiger partial charge >= 0.3 is 0 Å². The fourth-order valence-electron chi connectivity index (χ4n) is 3.11. The molecule has 2 aromatic rings. The summed E-state index contributed by atoms with van der Waals surface area (Å²) in [4.78, 5) is 0. The zero-order valence-corrected chi connectivity index (χ0v) is 12.4. The Morgan fingerprint density at radius 3 is 2.43 bits per heavy atom. The summed E-state index contributed by atoms with van der Waals surface area (Å²) in [5, 5.41) is 48.1. The van der Waals surface area contributed by atoms with Crippen molar-refractivity contribution in [2.75, 3.05) is 13.2 Å². The lowest BCUT2D eigenvalue weighted by Gasteiger charge is -2.19. The second-order valence-electron chi connectivity index (χ2n) is 5.55. The van der Waals surface area contributed by atoms with Crippen molar-refractivity contribution in [1.82, 2.24) is 0 Å². The first kappa shape index (κ1) is 15.3. The quantitative estimate of drug-likeness (QED) is 0.551. The van der Waals surface area contributed by atoms with Crippen LogP contribution in [0.15, 0.2) is 24.3 Å². The molecule has 122 valence electrons. The Labute approximate surface area is 132 Å². The van der Waals surface area contributed by atoms with Crippen LogP contribution in [0.1, 0.15) is 29.0 Å². The van der Waals surface area contributed by atoms with Crippen molar-refractivity contribution in [2.24, 2.45) is 0 Å². The van der Waals surface area contributed by atoms with E-state index in [-0.39, 0.29) is 47.9 Å². The van der Waals surface area contributed by atoms with Gasteiger partial charge in [0.15, 0.2) is 23.0 Å². The summed E-state index contributed by atoms with van der Waals surface area (Å²) in [5.74, 6) is -1.03. The van der Waals surface area contributed by atoms with Crippen molar-refractivity contribution in [3.8, 4) is 28.7 Å². The summed E-state index contributed by atoms with van der Waals surface area (Å²) >= 11 is 0. The van der Waals surface area contributed by atoms with Crippen LogP contribution in [0.5, 0.6) is 28.7 Å². The lowest BCUT2D eigenvalue weighted by molar-refractivity contribution is 0.194. The monoisotopic (exact) mass is 318 g/mol. The lowest BCUT2D eigenvalue weighted by Crippen LogP contribution is -2.06. The molecule has 6 heteroatoms. The second kappa shape index (κ2) is 5.89. The number of aliphatic hydroxyl groups excluding tert-OH is 1. The van der Waals surface area contributed by atoms with Crippen molar-refractivity contribution in [3.63, 3.8) is 0 Å². The van der Waals surface area contributed by atoms with Crippen molar-refractivity contribution < 1.29 is 30.3 Å². The minimum atomic E-state index is -0.368. The van der Waals surface area contributed by atoms with Gasteiger partial charge in [0.25, 0.3) is 0 Å². The number of ether oxygens (including phenoxy) is 1. The molecule has 2 aromatic carbocycles.